The molecule has 0 saturated heterocycles. The Hall–Kier alpha value is -0.770. The van der Waals surface area contributed by atoms with E-state index in [-0.39, 0.29) is 0 Å². The smallest absolute Gasteiger partial charge is 0.327 e. The van der Waals surface area contributed by atoms with Crippen molar-refractivity contribution in [2.45, 2.75) is 19.9 Å². The van der Waals surface area contributed by atoms with Crippen LogP contribution in [0.15, 0.2) is 0 Å². The summed E-state index contributed by atoms with van der Waals surface area (Å²) < 4.78 is 0.641. The number of carboxylic acid groups (broad SMARTS) is 1. The van der Waals surface area contributed by atoms with Gasteiger partial charge in [0.05, 0.1) is 0 Å². The number of halogens is 1. The minimum atomic E-state index is -1.12. The summed E-state index contributed by atoms with van der Waals surface area (Å²) in [6.45, 7) is 2.53. The first-order valence-corrected chi connectivity index (χ1v) is 2.99. The molecule has 10 heavy (non-hydrogen) atoms. The van der Waals surface area contributed by atoms with Crippen LogP contribution in [0.5, 0.6) is 0 Å². The van der Waals surface area contributed by atoms with Crippen molar-refractivity contribution >= 4 is 23.7 Å². The Labute approximate surface area is 63.5 Å². The highest BCUT2D eigenvalue weighted by molar-refractivity contribution is 6.22. The van der Waals surface area contributed by atoms with E-state index in [9.17, 15) is 9.59 Å². The first kappa shape index (κ1) is 9.23. The van der Waals surface area contributed by atoms with Gasteiger partial charge in [0.25, 0.3) is 0 Å². The van der Waals surface area contributed by atoms with Crippen LogP contribution < -0.4 is 0 Å². The van der Waals surface area contributed by atoms with Crippen molar-refractivity contribution in [2.24, 2.45) is 0 Å². The maximum absolute atomic E-state index is 10.4. The third-order valence-corrected chi connectivity index (χ3v) is 1.53. The van der Waals surface area contributed by atoms with Crippen LogP contribution in [0.2, 0.25) is 0 Å². The van der Waals surface area contributed by atoms with Crippen molar-refractivity contribution < 1.29 is 14.7 Å². The molecule has 58 valence electrons. The van der Waals surface area contributed by atoms with E-state index < -0.39 is 17.9 Å². The van der Waals surface area contributed by atoms with Crippen molar-refractivity contribution in [1.29, 1.82) is 0 Å². The molecule has 0 aliphatic heterocycles. The van der Waals surface area contributed by atoms with Crippen molar-refractivity contribution in [1.82, 2.24) is 4.42 Å². The van der Waals surface area contributed by atoms with Gasteiger partial charge in [-0.3, -0.25) is 4.79 Å². The summed E-state index contributed by atoms with van der Waals surface area (Å²) in [5.74, 6) is -1.60. The van der Waals surface area contributed by atoms with Gasteiger partial charge in [-0.05, 0) is 6.92 Å². The highest BCUT2D eigenvalue weighted by Gasteiger charge is 2.20. The highest BCUT2D eigenvalue weighted by Crippen LogP contribution is 2.02. The minimum absolute atomic E-state index is 0.475. The number of amides is 1. The lowest BCUT2D eigenvalue weighted by Crippen LogP contribution is -2.34. The van der Waals surface area contributed by atoms with Crippen LogP contribution in [0.25, 0.3) is 0 Å². The van der Waals surface area contributed by atoms with Crippen molar-refractivity contribution in [2.75, 3.05) is 0 Å². The zero-order valence-electron chi connectivity index (χ0n) is 5.67. The summed E-state index contributed by atoms with van der Waals surface area (Å²) in [6.07, 6.45) is 0. The van der Waals surface area contributed by atoms with E-state index in [1.807, 2.05) is 0 Å². The fraction of sp³-hybridized carbons (Fsp3) is 0.600. The molecular formula is C5H8ClNO3. The summed E-state index contributed by atoms with van der Waals surface area (Å²) in [5, 5.41) is 8.32. The van der Waals surface area contributed by atoms with Crippen LogP contribution in [0.3, 0.4) is 0 Å². The van der Waals surface area contributed by atoms with Crippen molar-refractivity contribution in [3.8, 4) is 0 Å². The Morgan fingerprint density at radius 1 is 1.60 bits per heavy atom. The fourth-order valence-electron chi connectivity index (χ4n) is 0.370. The molecule has 0 radical (unpaired) electrons. The molecule has 0 aromatic heterocycles. The van der Waals surface area contributed by atoms with E-state index in [0.29, 0.717) is 4.42 Å². The molecule has 0 aromatic carbocycles. The predicted octanol–water partition coefficient (Wildman–Crippen LogP) is 0.462. The van der Waals surface area contributed by atoms with E-state index in [4.69, 9.17) is 16.9 Å². The first-order valence-electron chi connectivity index (χ1n) is 2.65. The molecule has 0 aliphatic rings. The molecule has 0 saturated carbocycles. The molecule has 1 N–H and O–H groups in total. The quantitative estimate of drug-likeness (QED) is 0.605. The van der Waals surface area contributed by atoms with Crippen LogP contribution >= 0.6 is 11.8 Å². The zero-order valence-corrected chi connectivity index (χ0v) is 6.42. The van der Waals surface area contributed by atoms with Crippen LogP contribution in [0.1, 0.15) is 13.8 Å². The number of hydrogen-bond acceptors (Lipinski definition) is 2. The Morgan fingerprint density at radius 2 is 2.00 bits per heavy atom. The van der Waals surface area contributed by atoms with E-state index in [1.165, 1.54) is 13.8 Å². The van der Waals surface area contributed by atoms with Crippen LogP contribution in [0, 0.1) is 0 Å². The zero-order chi connectivity index (χ0) is 8.31. The topological polar surface area (TPSA) is 57.6 Å². The number of rotatable bonds is 2. The Bertz CT molecular complexity index is 141. The molecule has 0 fully saturated rings. The molecule has 4 nitrogen and oxygen atoms in total. The molecule has 1 atom stereocenters. The molecular weight excluding hydrogens is 158 g/mol. The molecule has 0 bridgehead atoms. The predicted molar refractivity (Wildman–Crippen MR) is 35.5 cm³/mol. The number of nitrogens with zero attached hydrogens (tertiary/aromatic N) is 1. The number of aliphatic carboxylic acids is 1. The van der Waals surface area contributed by atoms with Gasteiger partial charge >= 0.3 is 5.97 Å². The Balaban J connectivity index is 4.07. The van der Waals surface area contributed by atoms with Gasteiger partial charge in [-0.1, -0.05) is 0 Å². The third kappa shape index (κ3) is 2.23. The molecule has 0 aromatic rings. The van der Waals surface area contributed by atoms with Crippen molar-refractivity contribution in [3.05, 3.63) is 0 Å². The fourth-order valence-corrected chi connectivity index (χ4v) is 0.453. The lowest BCUT2D eigenvalue weighted by atomic mass is 10.3. The number of carbonyl (C=O) groups excluding carboxylic acids is 1. The largest absolute Gasteiger partial charge is 0.480 e. The van der Waals surface area contributed by atoms with Gasteiger partial charge < -0.3 is 5.11 Å². The minimum Gasteiger partial charge on any atom is -0.480 e. The summed E-state index contributed by atoms with van der Waals surface area (Å²) in [4.78, 5) is 20.6. The van der Waals surface area contributed by atoms with Gasteiger partial charge in [0, 0.05) is 18.7 Å². The van der Waals surface area contributed by atoms with E-state index in [2.05, 4.69) is 0 Å². The SMILES string of the molecule is CC(=O)N(Cl)C(C)C(=O)O. The summed E-state index contributed by atoms with van der Waals surface area (Å²) in [6, 6.07) is -0.973. The van der Waals surface area contributed by atoms with Gasteiger partial charge in [-0.25, -0.2) is 9.21 Å². The second-order valence-electron chi connectivity index (χ2n) is 1.84. The van der Waals surface area contributed by atoms with Crippen molar-refractivity contribution in [3.63, 3.8) is 0 Å². The average Bonchev–Trinajstić information content (AvgIpc) is 1.84. The van der Waals surface area contributed by atoms with Gasteiger partial charge in [0.2, 0.25) is 5.91 Å². The average molecular weight is 166 g/mol. The lowest BCUT2D eigenvalue weighted by molar-refractivity contribution is -0.144. The second-order valence-corrected chi connectivity index (χ2v) is 2.21. The first-order chi connectivity index (χ1) is 4.46. The number of carbonyl (C=O) groups is 2. The van der Waals surface area contributed by atoms with E-state index >= 15 is 0 Å². The third-order valence-electron chi connectivity index (χ3n) is 0.998. The van der Waals surface area contributed by atoms with Gasteiger partial charge in [-0.15, -0.1) is 0 Å². The summed E-state index contributed by atoms with van der Waals surface area (Å²) >= 11 is 5.26. The van der Waals surface area contributed by atoms with Gasteiger partial charge in [-0.2, -0.15) is 0 Å². The monoisotopic (exact) mass is 165 g/mol. The van der Waals surface area contributed by atoms with Gasteiger partial charge in [0.15, 0.2) is 0 Å². The van der Waals surface area contributed by atoms with Gasteiger partial charge in [0.1, 0.15) is 6.04 Å². The number of carboxylic acids is 1. The maximum atomic E-state index is 10.4. The van der Waals surface area contributed by atoms with Crippen LogP contribution in [0.4, 0.5) is 0 Å². The number of hydrogen-bond donors (Lipinski definition) is 1. The molecule has 0 spiro atoms. The highest BCUT2D eigenvalue weighted by atomic mass is 35.5. The molecule has 0 rings (SSSR count). The molecule has 5 heteroatoms. The molecule has 0 aliphatic carbocycles. The molecule has 1 amide bonds. The van der Waals surface area contributed by atoms with E-state index in [0.717, 1.165) is 0 Å². The Kier molecular flexibility index (Phi) is 3.15. The summed E-state index contributed by atoms with van der Waals surface area (Å²) in [5.41, 5.74) is 0. The standard InChI is InChI=1S/C5H8ClNO3/c1-3(5(9)10)7(6)4(2)8/h3H,1-2H3,(H,9,10). The van der Waals surface area contributed by atoms with E-state index in [1.54, 1.807) is 0 Å². The van der Waals surface area contributed by atoms with Crippen LogP contribution in [-0.2, 0) is 9.59 Å². The summed E-state index contributed by atoms with van der Waals surface area (Å²) in [7, 11) is 0. The maximum Gasteiger partial charge on any atom is 0.327 e. The molecule has 0 heterocycles. The second kappa shape index (κ2) is 3.41. The van der Waals surface area contributed by atoms with Crippen LogP contribution in [-0.4, -0.2) is 27.4 Å². The normalized spacial score (nSPS) is 12.3. The Morgan fingerprint density at radius 3 is 2.10 bits per heavy atom. The lowest BCUT2D eigenvalue weighted by Gasteiger charge is -2.14. The molecule has 1 unspecified atom stereocenters.